The molecule has 0 aliphatic rings. The maximum absolute atomic E-state index is 12.2. The summed E-state index contributed by atoms with van der Waals surface area (Å²) in [4.78, 5) is 0.181. The van der Waals surface area contributed by atoms with Crippen LogP contribution in [0.4, 0.5) is 0 Å². The van der Waals surface area contributed by atoms with Crippen molar-refractivity contribution in [2.75, 3.05) is 6.61 Å². The number of rotatable bonds is 5. The fourth-order valence-electron chi connectivity index (χ4n) is 1.89. The van der Waals surface area contributed by atoms with Crippen LogP contribution in [-0.4, -0.2) is 15.0 Å². The maximum Gasteiger partial charge on any atom is 0.297 e. The van der Waals surface area contributed by atoms with Crippen LogP contribution < -0.4 is 4.70 Å². The average Bonchev–Trinajstić information content (AvgIpc) is 2.47. The number of hydrogen-bond acceptors (Lipinski definition) is 3. The van der Waals surface area contributed by atoms with Crippen LogP contribution in [0, 0.1) is 13.0 Å². The van der Waals surface area contributed by atoms with Gasteiger partial charge in [0.25, 0.3) is 10.1 Å². The molecule has 0 saturated carbocycles. The Kier molecular flexibility index (Phi) is 8.30. The summed E-state index contributed by atoms with van der Waals surface area (Å²) >= 11 is 0. The first kappa shape index (κ1) is 21.9. The SMILES string of the molecule is Cc1ccc(S(=O)(=O)OCC(C)(C)c2[c]cccc2)cc1.[F-].[Pd]. The van der Waals surface area contributed by atoms with E-state index in [-0.39, 0.29) is 36.6 Å². The second-order valence-electron chi connectivity index (χ2n) is 5.69. The van der Waals surface area contributed by atoms with Crippen LogP contribution >= 0.6 is 0 Å². The van der Waals surface area contributed by atoms with Crippen molar-refractivity contribution >= 4 is 10.1 Å². The predicted molar refractivity (Wildman–Crippen MR) is 82.6 cm³/mol. The van der Waals surface area contributed by atoms with Gasteiger partial charge in [0.15, 0.2) is 0 Å². The van der Waals surface area contributed by atoms with Gasteiger partial charge < -0.3 is 4.70 Å². The van der Waals surface area contributed by atoms with E-state index in [1.165, 1.54) is 0 Å². The molecule has 23 heavy (non-hydrogen) atoms. The molecule has 6 heteroatoms. The Labute approximate surface area is 151 Å². The molecule has 0 heterocycles. The van der Waals surface area contributed by atoms with E-state index in [4.69, 9.17) is 4.18 Å². The van der Waals surface area contributed by atoms with Gasteiger partial charge in [-0.2, -0.15) is 8.42 Å². The molecular weight excluding hydrogens is 410 g/mol. The van der Waals surface area contributed by atoms with Gasteiger partial charge in [-0.05, 0) is 30.7 Å². The monoisotopic (exact) mass is 428 g/mol. The van der Waals surface area contributed by atoms with Crippen LogP contribution in [0.3, 0.4) is 0 Å². The van der Waals surface area contributed by atoms with Crippen molar-refractivity contribution in [1.82, 2.24) is 0 Å². The molecule has 0 fully saturated rings. The third-order valence-electron chi connectivity index (χ3n) is 3.32. The van der Waals surface area contributed by atoms with E-state index in [0.717, 1.165) is 11.1 Å². The normalized spacial score (nSPS) is 11.3. The zero-order chi connectivity index (χ0) is 15.5. The Morgan fingerprint density at radius 3 is 2.22 bits per heavy atom. The summed E-state index contributed by atoms with van der Waals surface area (Å²) < 4.78 is 29.6. The van der Waals surface area contributed by atoms with Crippen LogP contribution in [0.5, 0.6) is 0 Å². The van der Waals surface area contributed by atoms with Gasteiger partial charge in [0.2, 0.25) is 0 Å². The molecule has 0 N–H and O–H groups in total. The number of benzene rings is 2. The van der Waals surface area contributed by atoms with Gasteiger partial charge >= 0.3 is 0 Å². The Morgan fingerprint density at radius 1 is 1.09 bits per heavy atom. The van der Waals surface area contributed by atoms with Crippen molar-refractivity contribution in [1.29, 1.82) is 0 Å². The molecule has 0 bridgehead atoms. The third kappa shape index (κ3) is 5.82. The molecule has 0 amide bonds. The van der Waals surface area contributed by atoms with Gasteiger partial charge in [-0.15, -0.1) is 0 Å². The van der Waals surface area contributed by atoms with Crippen LogP contribution in [0.15, 0.2) is 53.4 Å². The van der Waals surface area contributed by atoms with E-state index < -0.39 is 15.5 Å². The molecule has 3 nitrogen and oxygen atoms in total. The molecule has 0 atom stereocenters. The minimum atomic E-state index is -3.73. The van der Waals surface area contributed by atoms with Crippen LogP contribution in [-0.2, 0) is 40.1 Å². The summed E-state index contributed by atoms with van der Waals surface area (Å²) in [5, 5.41) is 0. The topological polar surface area (TPSA) is 43.4 Å². The smallest absolute Gasteiger partial charge is 0.297 e. The van der Waals surface area contributed by atoms with Gasteiger partial charge in [0.1, 0.15) is 0 Å². The molecule has 0 aromatic heterocycles. The standard InChI is InChI=1S/C17H19O3S.FH.Pd/c1-14-9-11-16(12-10-14)21(18,19)20-13-17(2,3)15-7-5-4-6-8-15;;/h4-7,9-12H,13H2,1-3H3;1H;/p-1. The van der Waals surface area contributed by atoms with Crippen LogP contribution in [0.2, 0.25) is 0 Å². The summed E-state index contributed by atoms with van der Waals surface area (Å²) in [7, 11) is -3.73. The van der Waals surface area contributed by atoms with E-state index >= 15 is 0 Å². The van der Waals surface area contributed by atoms with E-state index in [9.17, 15) is 8.42 Å². The van der Waals surface area contributed by atoms with Crippen molar-refractivity contribution in [2.24, 2.45) is 0 Å². The molecule has 0 spiro atoms. The Bertz CT molecular complexity index is 698. The Hall–Kier alpha value is -1.06. The quantitative estimate of drug-likeness (QED) is 0.514. The van der Waals surface area contributed by atoms with E-state index in [1.54, 1.807) is 24.3 Å². The Morgan fingerprint density at radius 2 is 1.70 bits per heavy atom. The first-order chi connectivity index (χ1) is 9.81. The molecule has 0 unspecified atom stereocenters. The molecule has 2 aromatic carbocycles. The minimum absolute atomic E-state index is 0. The number of aryl methyl sites for hydroxylation is 1. The van der Waals surface area contributed by atoms with E-state index in [1.807, 2.05) is 45.0 Å². The zero-order valence-corrected chi connectivity index (χ0v) is 15.5. The molecule has 0 aliphatic carbocycles. The Balaban J connectivity index is 0.00000242. The molecular formula is C17H19FO3PdS-. The fourth-order valence-corrected chi connectivity index (χ4v) is 2.95. The van der Waals surface area contributed by atoms with Gasteiger partial charge in [0, 0.05) is 25.8 Å². The van der Waals surface area contributed by atoms with Crippen molar-refractivity contribution in [3.05, 3.63) is 65.7 Å². The molecule has 0 saturated heterocycles. The van der Waals surface area contributed by atoms with Crippen LogP contribution in [0.1, 0.15) is 25.0 Å². The second-order valence-corrected chi connectivity index (χ2v) is 7.30. The summed E-state index contributed by atoms with van der Waals surface area (Å²) in [6, 6.07) is 17.3. The predicted octanol–water partition coefficient (Wildman–Crippen LogP) is 0.480. The number of halogens is 1. The first-order valence-corrected chi connectivity index (χ1v) is 8.15. The number of hydrogen-bond donors (Lipinski definition) is 0. The van der Waals surface area contributed by atoms with Crippen molar-refractivity contribution < 1.29 is 37.7 Å². The molecule has 2 rings (SSSR count). The molecule has 2 aromatic rings. The summed E-state index contributed by atoms with van der Waals surface area (Å²) in [6.45, 7) is 5.85. The largest absolute Gasteiger partial charge is 1.00 e. The summed E-state index contributed by atoms with van der Waals surface area (Å²) in [6.07, 6.45) is 0. The maximum atomic E-state index is 12.2. The van der Waals surface area contributed by atoms with Gasteiger partial charge in [0.05, 0.1) is 11.5 Å². The second kappa shape index (κ2) is 8.70. The van der Waals surface area contributed by atoms with E-state index in [0.29, 0.717) is 0 Å². The third-order valence-corrected chi connectivity index (χ3v) is 4.60. The van der Waals surface area contributed by atoms with E-state index in [2.05, 4.69) is 6.07 Å². The molecule has 0 aliphatic heterocycles. The minimum Gasteiger partial charge on any atom is -1.00 e. The average molecular weight is 429 g/mol. The molecule has 129 valence electrons. The van der Waals surface area contributed by atoms with Crippen LogP contribution in [0.25, 0.3) is 0 Å². The van der Waals surface area contributed by atoms with Gasteiger partial charge in [-0.25, -0.2) is 0 Å². The van der Waals surface area contributed by atoms with Crippen molar-refractivity contribution in [3.8, 4) is 0 Å². The van der Waals surface area contributed by atoms with Gasteiger partial charge in [-0.3, -0.25) is 4.18 Å². The van der Waals surface area contributed by atoms with Crippen molar-refractivity contribution in [2.45, 2.75) is 31.1 Å². The van der Waals surface area contributed by atoms with Crippen molar-refractivity contribution in [3.63, 3.8) is 0 Å². The first-order valence-electron chi connectivity index (χ1n) is 6.75. The van der Waals surface area contributed by atoms with Gasteiger partial charge in [-0.1, -0.05) is 55.8 Å². The fraction of sp³-hybridized carbons (Fsp3) is 0.294. The zero-order valence-electron chi connectivity index (χ0n) is 13.2. The summed E-state index contributed by atoms with van der Waals surface area (Å²) in [5.74, 6) is 0. The molecule has 1 radical (unpaired) electrons. The summed E-state index contributed by atoms with van der Waals surface area (Å²) in [5.41, 5.74) is 1.50.